The Labute approximate surface area is 126 Å². The van der Waals surface area contributed by atoms with Crippen molar-refractivity contribution >= 4 is 28.3 Å². The maximum atomic E-state index is 4.71. The maximum absolute atomic E-state index is 4.71. The van der Waals surface area contributed by atoms with Gasteiger partial charge >= 0.3 is 0 Å². The fraction of sp³-hybridized carbons (Fsp3) is 0.562. The van der Waals surface area contributed by atoms with Gasteiger partial charge < -0.3 is 10.2 Å². The summed E-state index contributed by atoms with van der Waals surface area (Å²) in [5, 5.41) is 4.48. The smallest absolute Gasteiger partial charge is 0.161 e. The van der Waals surface area contributed by atoms with Gasteiger partial charge in [0, 0.05) is 30.2 Å². The minimum atomic E-state index is 0.411. The molecule has 2 atom stereocenters. The van der Waals surface area contributed by atoms with Crippen LogP contribution in [0.2, 0.25) is 0 Å². The predicted molar refractivity (Wildman–Crippen MR) is 92.1 cm³/mol. The van der Waals surface area contributed by atoms with E-state index in [4.69, 9.17) is 4.99 Å². The van der Waals surface area contributed by atoms with E-state index in [1.807, 2.05) is 11.8 Å². The Bertz CT molecular complexity index is 451. The van der Waals surface area contributed by atoms with Crippen LogP contribution in [-0.4, -0.2) is 30.1 Å². The molecule has 0 saturated carbocycles. The van der Waals surface area contributed by atoms with E-state index in [0.717, 1.165) is 29.7 Å². The Morgan fingerprint density at radius 2 is 1.85 bits per heavy atom. The zero-order valence-electron chi connectivity index (χ0n) is 12.9. The normalized spacial score (nSPS) is 22.3. The molecule has 3 nitrogen and oxygen atoms in total. The molecule has 2 rings (SSSR count). The van der Waals surface area contributed by atoms with Crippen molar-refractivity contribution in [2.75, 3.05) is 29.1 Å². The Kier molecular flexibility index (Phi) is 5.35. The van der Waals surface area contributed by atoms with Gasteiger partial charge in [-0.05, 0) is 51.0 Å². The molecule has 1 aliphatic rings. The second kappa shape index (κ2) is 7.02. The van der Waals surface area contributed by atoms with Gasteiger partial charge in [0.25, 0.3) is 0 Å². The van der Waals surface area contributed by atoms with Crippen LogP contribution in [0.4, 0.5) is 11.4 Å². The van der Waals surface area contributed by atoms with Crippen molar-refractivity contribution in [3.05, 3.63) is 24.3 Å². The van der Waals surface area contributed by atoms with Gasteiger partial charge in [0.1, 0.15) is 0 Å². The summed E-state index contributed by atoms with van der Waals surface area (Å²) in [5.41, 5.74) is 2.40. The van der Waals surface area contributed by atoms with Crippen LogP contribution in [0.25, 0.3) is 0 Å². The van der Waals surface area contributed by atoms with Crippen molar-refractivity contribution in [3.8, 4) is 0 Å². The lowest BCUT2D eigenvalue weighted by atomic mass is 10.1. The van der Waals surface area contributed by atoms with Gasteiger partial charge in [0.05, 0.1) is 6.04 Å². The average Bonchev–Trinajstić information content (AvgIpc) is 2.46. The second-order valence-corrected chi connectivity index (χ2v) is 6.32. The maximum Gasteiger partial charge on any atom is 0.161 e. The highest BCUT2D eigenvalue weighted by Gasteiger charge is 2.19. The van der Waals surface area contributed by atoms with E-state index in [1.54, 1.807) is 0 Å². The molecule has 0 aliphatic carbocycles. The molecule has 0 amide bonds. The first-order valence-electron chi connectivity index (χ1n) is 7.46. The SMILES string of the molecule is CCN(CC)c1ccc(NC2=NC(C)C(C)CS2)cc1. The number of thioether (sulfide) groups is 1. The summed E-state index contributed by atoms with van der Waals surface area (Å²) < 4.78 is 0. The number of nitrogens with zero attached hydrogens (tertiary/aromatic N) is 2. The largest absolute Gasteiger partial charge is 0.372 e. The average molecular weight is 291 g/mol. The zero-order valence-corrected chi connectivity index (χ0v) is 13.7. The van der Waals surface area contributed by atoms with Crippen LogP contribution in [0.15, 0.2) is 29.3 Å². The lowest BCUT2D eigenvalue weighted by Gasteiger charge is -2.24. The lowest BCUT2D eigenvalue weighted by molar-refractivity contribution is 0.537. The molecule has 1 aliphatic heterocycles. The summed E-state index contributed by atoms with van der Waals surface area (Å²) in [5.74, 6) is 1.81. The van der Waals surface area contributed by atoms with Crippen LogP contribution >= 0.6 is 11.8 Å². The third kappa shape index (κ3) is 3.69. The monoisotopic (exact) mass is 291 g/mol. The standard InChI is InChI=1S/C16H25N3S/c1-5-19(6-2)15-9-7-14(8-10-15)18-16-17-13(4)12(3)11-20-16/h7-10,12-13H,5-6,11H2,1-4H3,(H,17,18). The van der Waals surface area contributed by atoms with E-state index in [-0.39, 0.29) is 0 Å². The van der Waals surface area contributed by atoms with Crippen molar-refractivity contribution in [2.45, 2.75) is 33.7 Å². The first-order chi connectivity index (χ1) is 9.63. The molecule has 2 unspecified atom stereocenters. The molecule has 0 bridgehead atoms. The Hall–Kier alpha value is -1.16. The van der Waals surface area contributed by atoms with Gasteiger partial charge in [-0.1, -0.05) is 18.7 Å². The highest BCUT2D eigenvalue weighted by molar-refractivity contribution is 8.14. The van der Waals surface area contributed by atoms with Crippen molar-refractivity contribution in [1.29, 1.82) is 0 Å². The van der Waals surface area contributed by atoms with Gasteiger partial charge in [-0.15, -0.1) is 0 Å². The van der Waals surface area contributed by atoms with E-state index in [1.165, 1.54) is 5.69 Å². The number of rotatable bonds is 4. The van der Waals surface area contributed by atoms with Gasteiger partial charge in [-0.2, -0.15) is 0 Å². The van der Waals surface area contributed by atoms with Gasteiger partial charge in [0.2, 0.25) is 0 Å². The van der Waals surface area contributed by atoms with Gasteiger partial charge in [-0.3, -0.25) is 4.99 Å². The summed E-state index contributed by atoms with van der Waals surface area (Å²) in [7, 11) is 0. The quantitative estimate of drug-likeness (QED) is 0.906. The van der Waals surface area contributed by atoms with E-state index >= 15 is 0 Å². The lowest BCUT2D eigenvalue weighted by Crippen LogP contribution is -2.25. The first-order valence-corrected chi connectivity index (χ1v) is 8.45. The van der Waals surface area contributed by atoms with Crippen LogP contribution in [0.1, 0.15) is 27.7 Å². The second-order valence-electron chi connectivity index (χ2n) is 5.31. The number of hydrogen-bond donors (Lipinski definition) is 1. The first kappa shape index (κ1) is 15.2. The minimum Gasteiger partial charge on any atom is -0.372 e. The molecule has 20 heavy (non-hydrogen) atoms. The van der Waals surface area contributed by atoms with Gasteiger partial charge in [-0.25, -0.2) is 0 Å². The number of amidine groups is 1. The van der Waals surface area contributed by atoms with Crippen molar-refractivity contribution in [1.82, 2.24) is 0 Å². The van der Waals surface area contributed by atoms with Crippen LogP contribution in [0.5, 0.6) is 0 Å². The molecule has 1 aromatic carbocycles. The molecule has 4 heteroatoms. The van der Waals surface area contributed by atoms with Crippen LogP contribution in [-0.2, 0) is 0 Å². The molecular weight excluding hydrogens is 266 g/mol. The van der Waals surface area contributed by atoms with Gasteiger partial charge in [0.15, 0.2) is 5.17 Å². The number of hydrogen-bond acceptors (Lipinski definition) is 4. The molecule has 0 fully saturated rings. The van der Waals surface area contributed by atoms with Crippen molar-refractivity contribution < 1.29 is 0 Å². The predicted octanol–water partition coefficient (Wildman–Crippen LogP) is 4.07. The highest BCUT2D eigenvalue weighted by Crippen LogP contribution is 2.24. The molecular formula is C16H25N3S. The number of aliphatic imine (C=N–C) groups is 1. The summed E-state index contributed by atoms with van der Waals surface area (Å²) in [4.78, 5) is 7.05. The fourth-order valence-electron chi connectivity index (χ4n) is 2.24. The van der Waals surface area contributed by atoms with Crippen LogP contribution in [0, 0.1) is 5.92 Å². The molecule has 0 aromatic heterocycles. The summed E-state index contributed by atoms with van der Waals surface area (Å²) in [6.07, 6.45) is 0. The Balaban J connectivity index is 2.02. The molecule has 1 N–H and O–H groups in total. The number of nitrogens with one attached hydrogen (secondary N) is 1. The van der Waals surface area contributed by atoms with Crippen molar-refractivity contribution in [3.63, 3.8) is 0 Å². The molecule has 1 aromatic rings. The Morgan fingerprint density at radius 1 is 1.20 bits per heavy atom. The molecule has 0 spiro atoms. The minimum absolute atomic E-state index is 0.411. The molecule has 0 saturated heterocycles. The van der Waals surface area contributed by atoms with E-state index in [2.05, 4.69) is 62.2 Å². The van der Waals surface area contributed by atoms with E-state index < -0.39 is 0 Å². The third-order valence-corrected chi connectivity index (χ3v) is 5.05. The topological polar surface area (TPSA) is 27.6 Å². The summed E-state index contributed by atoms with van der Waals surface area (Å²) in [6.45, 7) is 10.9. The summed E-state index contributed by atoms with van der Waals surface area (Å²) >= 11 is 1.82. The fourth-order valence-corrected chi connectivity index (χ4v) is 3.37. The highest BCUT2D eigenvalue weighted by atomic mass is 32.2. The number of anilines is 2. The summed E-state index contributed by atoms with van der Waals surface area (Å²) in [6, 6.07) is 9.04. The van der Waals surface area contributed by atoms with Crippen LogP contribution < -0.4 is 10.2 Å². The molecule has 1 heterocycles. The number of benzene rings is 1. The molecule has 110 valence electrons. The Morgan fingerprint density at radius 3 is 2.40 bits per heavy atom. The molecule has 0 radical (unpaired) electrons. The van der Waals surface area contributed by atoms with E-state index in [9.17, 15) is 0 Å². The van der Waals surface area contributed by atoms with E-state index in [0.29, 0.717) is 12.0 Å². The third-order valence-electron chi connectivity index (χ3n) is 3.87. The van der Waals surface area contributed by atoms with Crippen molar-refractivity contribution in [2.24, 2.45) is 10.9 Å². The van der Waals surface area contributed by atoms with Crippen LogP contribution in [0.3, 0.4) is 0 Å². The zero-order chi connectivity index (χ0) is 14.5.